The van der Waals surface area contributed by atoms with E-state index in [2.05, 4.69) is 21.2 Å². The molecule has 10 heteroatoms. The minimum absolute atomic E-state index is 0.0231. The molecule has 0 aliphatic rings. The first-order valence-corrected chi connectivity index (χ1v) is 14.4. The minimum atomic E-state index is -4.15. The van der Waals surface area contributed by atoms with Crippen molar-refractivity contribution in [1.29, 1.82) is 0 Å². The van der Waals surface area contributed by atoms with Gasteiger partial charge in [0.15, 0.2) is 0 Å². The van der Waals surface area contributed by atoms with Crippen LogP contribution in [-0.4, -0.2) is 44.3 Å². The van der Waals surface area contributed by atoms with Gasteiger partial charge in [-0.25, -0.2) is 8.42 Å². The molecular weight excluding hydrogens is 578 g/mol. The van der Waals surface area contributed by atoms with Crippen LogP contribution in [0.5, 0.6) is 0 Å². The number of carbonyl (C=O) groups is 2. The summed E-state index contributed by atoms with van der Waals surface area (Å²) in [6, 6.07) is 20.8. The molecule has 1 N–H and O–H groups in total. The summed E-state index contributed by atoms with van der Waals surface area (Å²) in [6.45, 7) is 3.61. The number of rotatable bonds is 11. The molecule has 0 saturated carbocycles. The third-order valence-electron chi connectivity index (χ3n) is 5.69. The van der Waals surface area contributed by atoms with Gasteiger partial charge in [0.1, 0.15) is 12.6 Å². The molecule has 2 amide bonds. The van der Waals surface area contributed by atoms with Crippen LogP contribution in [-0.2, 0) is 26.2 Å². The number of amides is 2. The number of para-hydroxylation sites is 1. The number of hydrogen-bond donors (Lipinski definition) is 1. The number of hydrogen-bond acceptors (Lipinski definition) is 4. The third-order valence-corrected chi connectivity index (χ3v) is 8.28. The Bertz CT molecular complexity index is 1340. The van der Waals surface area contributed by atoms with E-state index in [-0.39, 0.29) is 28.1 Å². The van der Waals surface area contributed by atoms with Crippen LogP contribution in [0.1, 0.15) is 25.8 Å². The summed E-state index contributed by atoms with van der Waals surface area (Å²) in [6.07, 6.45) is 0.744. The zero-order valence-corrected chi connectivity index (χ0v) is 23.8. The molecule has 0 aromatic heterocycles. The second-order valence-corrected chi connectivity index (χ2v) is 11.6. The maximum atomic E-state index is 13.8. The van der Waals surface area contributed by atoms with Gasteiger partial charge in [-0.2, -0.15) is 0 Å². The van der Waals surface area contributed by atoms with E-state index < -0.39 is 28.5 Å². The Labute approximate surface area is 231 Å². The Morgan fingerprint density at radius 3 is 2.32 bits per heavy atom. The van der Waals surface area contributed by atoms with Crippen molar-refractivity contribution in [3.63, 3.8) is 0 Å². The summed E-state index contributed by atoms with van der Waals surface area (Å²) in [4.78, 5) is 28.1. The lowest BCUT2D eigenvalue weighted by Gasteiger charge is -2.32. The third kappa shape index (κ3) is 7.34. The van der Waals surface area contributed by atoms with Crippen molar-refractivity contribution in [1.82, 2.24) is 10.2 Å². The zero-order valence-electron chi connectivity index (χ0n) is 20.6. The standard InChI is InChI=1S/C27H29BrClN3O4S/c1-3-16-30-27(34)20(2)31(18-21-10-9-11-22(28)17-21)26(33)19-32(25-15-8-7-14-24(25)29)37(35,36)23-12-5-4-6-13-23/h4-15,17,20H,3,16,18-19H2,1-2H3,(H,30,34). The lowest BCUT2D eigenvalue weighted by molar-refractivity contribution is -0.139. The number of nitrogens with zero attached hydrogens (tertiary/aromatic N) is 2. The predicted molar refractivity (Wildman–Crippen MR) is 150 cm³/mol. The fourth-order valence-corrected chi connectivity index (χ4v) is 5.89. The van der Waals surface area contributed by atoms with Crippen molar-refractivity contribution in [3.05, 3.63) is 93.9 Å². The molecule has 3 aromatic carbocycles. The smallest absolute Gasteiger partial charge is 0.264 e. The highest BCUT2D eigenvalue weighted by Crippen LogP contribution is 2.30. The molecular formula is C27H29BrClN3O4S. The van der Waals surface area contributed by atoms with E-state index >= 15 is 0 Å². The molecule has 7 nitrogen and oxygen atoms in total. The van der Waals surface area contributed by atoms with Crippen molar-refractivity contribution >= 4 is 55.1 Å². The minimum Gasteiger partial charge on any atom is -0.354 e. The van der Waals surface area contributed by atoms with Gasteiger partial charge in [-0.05, 0) is 55.3 Å². The van der Waals surface area contributed by atoms with Crippen LogP contribution >= 0.6 is 27.5 Å². The second kappa shape index (κ2) is 13.1. The maximum absolute atomic E-state index is 13.8. The lowest BCUT2D eigenvalue weighted by Crippen LogP contribution is -2.51. The SMILES string of the molecule is CCCNC(=O)C(C)N(Cc1cccc(Br)c1)C(=O)CN(c1ccccc1Cl)S(=O)(=O)c1ccccc1. The number of sulfonamides is 1. The highest BCUT2D eigenvalue weighted by Gasteiger charge is 2.33. The van der Waals surface area contributed by atoms with E-state index in [1.165, 1.54) is 17.0 Å². The molecule has 37 heavy (non-hydrogen) atoms. The highest BCUT2D eigenvalue weighted by molar-refractivity contribution is 9.10. The Morgan fingerprint density at radius 1 is 1.00 bits per heavy atom. The summed E-state index contributed by atoms with van der Waals surface area (Å²) in [7, 11) is -4.15. The first-order valence-electron chi connectivity index (χ1n) is 11.8. The van der Waals surface area contributed by atoms with Gasteiger partial charge in [0.05, 0.1) is 15.6 Å². The van der Waals surface area contributed by atoms with E-state index in [0.29, 0.717) is 6.54 Å². The number of carbonyl (C=O) groups excluding carboxylic acids is 2. The van der Waals surface area contributed by atoms with Gasteiger partial charge in [0.25, 0.3) is 10.0 Å². The molecule has 0 fully saturated rings. The monoisotopic (exact) mass is 605 g/mol. The molecule has 0 spiro atoms. The molecule has 196 valence electrons. The highest BCUT2D eigenvalue weighted by atomic mass is 79.9. The summed E-state index contributed by atoms with van der Waals surface area (Å²) < 4.78 is 29.2. The zero-order chi connectivity index (χ0) is 27.0. The predicted octanol–water partition coefficient (Wildman–Crippen LogP) is 5.24. The van der Waals surface area contributed by atoms with E-state index in [1.807, 2.05) is 31.2 Å². The molecule has 0 bridgehead atoms. The van der Waals surface area contributed by atoms with Gasteiger partial charge >= 0.3 is 0 Å². The van der Waals surface area contributed by atoms with E-state index in [0.717, 1.165) is 20.8 Å². The van der Waals surface area contributed by atoms with Crippen LogP contribution in [0, 0.1) is 0 Å². The fourth-order valence-electron chi connectivity index (χ4n) is 3.70. The van der Waals surface area contributed by atoms with E-state index in [1.54, 1.807) is 49.4 Å². The van der Waals surface area contributed by atoms with Crippen LogP contribution in [0.25, 0.3) is 0 Å². The van der Waals surface area contributed by atoms with Crippen molar-refractivity contribution in [2.24, 2.45) is 0 Å². The fraction of sp³-hybridized carbons (Fsp3) is 0.259. The van der Waals surface area contributed by atoms with Crippen molar-refractivity contribution < 1.29 is 18.0 Å². The molecule has 1 unspecified atom stereocenters. The van der Waals surface area contributed by atoms with Crippen LogP contribution in [0.4, 0.5) is 5.69 Å². The van der Waals surface area contributed by atoms with Crippen molar-refractivity contribution in [3.8, 4) is 0 Å². The van der Waals surface area contributed by atoms with E-state index in [4.69, 9.17) is 11.6 Å². The maximum Gasteiger partial charge on any atom is 0.264 e. The number of nitrogens with one attached hydrogen (secondary N) is 1. The van der Waals surface area contributed by atoms with Gasteiger partial charge in [-0.15, -0.1) is 0 Å². The summed E-state index contributed by atoms with van der Waals surface area (Å²) in [5.41, 5.74) is 0.958. The molecule has 1 atom stereocenters. The molecule has 0 saturated heterocycles. The molecule has 0 aliphatic heterocycles. The number of anilines is 1. The summed E-state index contributed by atoms with van der Waals surface area (Å²) in [5.74, 6) is -0.862. The van der Waals surface area contributed by atoms with Crippen LogP contribution in [0.2, 0.25) is 5.02 Å². The second-order valence-electron chi connectivity index (χ2n) is 8.39. The quantitative estimate of drug-likeness (QED) is 0.323. The Balaban J connectivity index is 2.02. The van der Waals surface area contributed by atoms with Crippen LogP contribution in [0.15, 0.2) is 88.2 Å². The van der Waals surface area contributed by atoms with Gasteiger partial charge in [0, 0.05) is 17.6 Å². The van der Waals surface area contributed by atoms with Crippen molar-refractivity contribution in [2.75, 3.05) is 17.4 Å². The Hall–Kier alpha value is -2.88. The van der Waals surface area contributed by atoms with Gasteiger partial charge in [-0.3, -0.25) is 13.9 Å². The summed E-state index contributed by atoms with van der Waals surface area (Å²) in [5, 5.41) is 3.00. The number of benzene rings is 3. The first-order chi connectivity index (χ1) is 17.6. The van der Waals surface area contributed by atoms with Gasteiger partial charge in [-0.1, -0.05) is 76.9 Å². The van der Waals surface area contributed by atoms with Crippen LogP contribution < -0.4 is 9.62 Å². The lowest BCUT2D eigenvalue weighted by atomic mass is 10.1. The van der Waals surface area contributed by atoms with Crippen molar-refractivity contribution in [2.45, 2.75) is 37.8 Å². The largest absolute Gasteiger partial charge is 0.354 e. The average molecular weight is 607 g/mol. The molecule has 0 heterocycles. The Morgan fingerprint density at radius 2 is 1.68 bits per heavy atom. The van der Waals surface area contributed by atoms with Crippen LogP contribution in [0.3, 0.4) is 0 Å². The molecule has 3 rings (SSSR count). The molecule has 0 aliphatic carbocycles. The first kappa shape index (κ1) is 28.7. The normalized spacial score (nSPS) is 12.0. The average Bonchev–Trinajstić information content (AvgIpc) is 2.89. The molecule has 3 aromatic rings. The molecule has 0 radical (unpaired) electrons. The topological polar surface area (TPSA) is 86.8 Å². The number of halogens is 2. The summed E-state index contributed by atoms with van der Waals surface area (Å²) >= 11 is 9.83. The van der Waals surface area contributed by atoms with E-state index in [9.17, 15) is 18.0 Å². The Kier molecular flexibility index (Phi) is 10.1. The van der Waals surface area contributed by atoms with Gasteiger partial charge in [0.2, 0.25) is 11.8 Å². The van der Waals surface area contributed by atoms with Gasteiger partial charge < -0.3 is 10.2 Å².